The van der Waals surface area contributed by atoms with E-state index in [1.54, 1.807) is 18.2 Å². The number of likely N-dealkylation sites (tertiary alicyclic amines) is 1. The summed E-state index contributed by atoms with van der Waals surface area (Å²) in [6.07, 6.45) is -1.19. The van der Waals surface area contributed by atoms with Crippen LogP contribution in [-0.2, 0) is 6.18 Å². The molecule has 0 aliphatic carbocycles. The first-order valence-corrected chi connectivity index (χ1v) is 11.5. The Labute approximate surface area is 204 Å². The Balaban J connectivity index is 1.39. The summed E-state index contributed by atoms with van der Waals surface area (Å²) >= 11 is 0. The van der Waals surface area contributed by atoms with Gasteiger partial charge in [0, 0.05) is 54.3 Å². The SMILES string of the molecule is CCOc1ccc(C(=O)N2C[C@H]3C[C@@H]2CN3)cc1Nc1ncc(-c2cc(C(F)(F)F)ccc2F)cn1. The summed E-state index contributed by atoms with van der Waals surface area (Å²) in [4.78, 5) is 23.3. The zero-order chi connectivity index (χ0) is 25.4. The maximum atomic E-state index is 14.2. The molecule has 7 nitrogen and oxygen atoms in total. The van der Waals surface area contributed by atoms with Crippen LogP contribution in [0.3, 0.4) is 0 Å². The van der Waals surface area contributed by atoms with E-state index in [-0.39, 0.29) is 29.0 Å². The van der Waals surface area contributed by atoms with Crippen LogP contribution in [0.2, 0.25) is 0 Å². The number of halogens is 4. The fourth-order valence-electron chi connectivity index (χ4n) is 4.59. The number of fused-ring (bicyclic) bond motifs is 2. The van der Waals surface area contributed by atoms with Crippen molar-refractivity contribution in [2.24, 2.45) is 0 Å². The first-order chi connectivity index (χ1) is 17.2. The molecule has 1 aromatic heterocycles. The van der Waals surface area contributed by atoms with Gasteiger partial charge in [0.1, 0.15) is 11.6 Å². The summed E-state index contributed by atoms with van der Waals surface area (Å²) in [5.41, 5.74) is -0.186. The first kappa shape index (κ1) is 24.0. The predicted octanol–water partition coefficient (Wildman–Crippen LogP) is 4.63. The molecule has 0 radical (unpaired) electrons. The van der Waals surface area contributed by atoms with E-state index < -0.39 is 17.6 Å². The van der Waals surface area contributed by atoms with Crippen molar-refractivity contribution in [3.8, 4) is 16.9 Å². The number of ether oxygens (including phenoxy) is 1. The van der Waals surface area contributed by atoms with E-state index in [9.17, 15) is 22.4 Å². The minimum Gasteiger partial charge on any atom is -0.492 e. The fourth-order valence-corrected chi connectivity index (χ4v) is 4.59. The van der Waals surface area contributed by atoms with Gasteiger partial charge in [-0.15, -0.1) is 0 Å². The van der Waals surface area contributed by atoms with Gasteiger partial charge in [-0.05, 0) is 49.7 Å². The molecule has 3 heterocycles. The molecule has 2 aromatic carbocycles. The number of amides is 1. The highest BCUT2D eigenvalue weighted by atomic mass is 19.4. The lowest BCUT2D eigenvalue weighted by atomic mass is 10.0. The number of carbonyl (C=O) groups is 1. The number of alkyl halides is 3. The van der Waals surface area contributed by atoms with Crippen molar-refractivity contribution in [3.05, 3.63) is 65.7 Å². The quantitative estimate of drug-likeness (QED) is 0.480. The van der Waals surface area contributed by atoms with Gasteiger partial charge in [-0.2, -0.15) is 13.2 Å². The monoisotopic (exact) mass is 501 g/mol. The van der Waals surface area contributed by atoms with Crippen molar-refractivity contribution < 1.29 is 27.1 Å². The van der Waals surface area contributed by atoms with Gasteiger partial charge in [0.25, 0.3) is 5.91 Å². The van der Waals surface area contributed by atoms with E-state index in [0.717, 1.165) is 25.1 Å². The molecule has 11 heteroatoms. The van der Waals surface area contributed by atoms with Crippen molar-refractivity contribution in [3.63, 3.8) is 0 Å². The Hall–Kier alpha value is -3.73. The zero-order valence-electron chi connectivity index (χ0n) is 19.3. The van der Waals surface area contributed by atoms with Crippen LogP contribution in [0.15, 0.2) is 48.8 Å². The second-order valence-corrected chi connectivity index (χ2v) is 8.71. The third-order valence-corrected chi connectivity index (χ3v) is 6.35. The predicted molar refractivity (Wildman–Crippen MR) is 125 cm³/mol. The van der Waals surface area contributed by atoms with E-state index in [4.69, 9.17) is 4.74 Å². The molecule has 5 rings (SSSR count). The number of benzene rings is 2. The third kappa shape index (κ3) is 4.70. The van der Waals surface area contributed by atoms with Crippen molar-refractivity contribution in [2.75, 3.05) is 25.0 Å². The van der Waals surface area contributed by atoms with Crippen LogP contribution in [0.1, 0.15) is 29.3 Å². The van der Waals surface area contributed by atoms with Crippen molar-refractivity contribution in [1.29, 1.82) is 0 Å². The van der Waals surface area contributed by atoms with Gasteiger partial charge in [-0.25, -0.2) is 14.4 Å². The lowest BCUT2D eigenvalue weighted by Gasteiger charge is -2.27. The van der Waals surface area contributed by atoms with Gasteiger partial charge in [-0.1, -0.05) is 0 Å². The molecule has 0 unspecified atom stereocenters. The number of nitrogens with one attached hydrogen (secondary N) is 2. The molecule has 2 aliphatic rings. The van der Waals surface area contributed by atoms with Crippen LogP contribution in [0.4, 0.5) is 29.2 Å². The Morgan fingerprint density at radius 1 is 1.19 bits per heavy atom. The van der Waals surface area contributed by atoms with Crippen LogP contribution in [-0.4, -0.2) is 52.6 Å². The molecule has 0 spiro atoms. The molecule has 3 aromatic rings. The van der Waals surface area contributed by atoms with E-state index >= 15 is 0 Å². The van der Waals surface area contributed by atoms with Gasteiger partial charge in [0.15, 0.2) is 0 Å². The second kappa shape index (κ2) is 9.38. The number of rotatable bonds is 6. The number of piperazine rings is 1. The number of nitrogens with zero attached hydrogens (tertiary/aromatic N) is 3. The summed E-state index contributed by atoms with van der Waals surface area (Å²) < 4.78 is 59.0. The molecule has 188 valence electrons. The third-order valence-electron chi connectivity index (χ3n) is 6.35. The minimum absolute atomic E-state index is 0.0774. The van der Waals surface area contributed by atoms with Crippen molar-refractivity contribution in [2.45, 2.75) is 31.6 Å². The second-order valence-electron chi connectivity index (χ2n) is 8.71. The maximum Gasteiger partial charge on any atom is 0.416 e. The van der Waals surface area contributed by atoms with Crippen LogP contribution >= 0.6 is 0 Å². The molecule has 2 saturated heterocycles. The molecule has 36 heavy (non-hydrogen) atoms. The molecular formula is C25H23F4N5O2. The normalized spacial score (nSPS) is 19.0. The average Bonchev–Trinajstić information content (AvgIpc) is 3.49. The van der Waals surface area contributed by atoms with Crippen molar-refractivity contribution >= 4 is 17.5 Å². The van der Waals surface area contributed by atoms with Gasteiger partial charge in [-0.3, -0.25) is 4.79 Å². The molecule has 2 bridgehead atoms. The van der Waals surface area contributed by atoms with Crippen molar-refractivity contribution in [1.82, 2.24) is 20.2 Å². The molecule has 0 saturated carbocycles. The Kier molecular flexibility index (Phi) is 6.25. The standard InChI is InChI=1S/C25H23F4N5O2/c1-2-36-22-6-3-14(23(35)34-13-17-9-18(34)12-30-17)7-21(22)33-24-31-10-15(11-32-24)19-8-16(25(27,28)29)4-5-20(19)26/h3-8,10-11,17-18,30H,2,9,12-13H2,1H3,(H,31,32,33)/t17-,18-/m1/s1. The van der Waals surface area contributed by atoms with E-state index in [1.807, 2.05) is 11.8 Å². The lowest BCUT2D eigenvalue weighted by molar-refractivity contribution is -0.137. The molecule has 2 fully saturated rings. The van der Waals surface area contributed by atoms with E-state index in [2.05, 4.69) is 20.6 Å². The van der Waals surface area contributed by atoms with Gasteiger partial charge >= 0.3 is 6.18 Å². The Morgan fingerprint density at radius 2 is 1.97 bits per heavy atom. The molecule has 1 amide bonds. The fraction of sp³-hybridized carbons (Fsp3) is 0.320. The van der Waals surface area contributed by atoms with E-state index in [0.29, 0.717) is 42.3 Å². The summed E-state index contributed by atoms with van der Waals surface area (Å²) in [6.45, 7) is 3.66. The Bertz CT molecular complexity index is 1280. The van der Waals surface area contributed by atoms with Crippen LogP contribution in [0.25, 0.3) is 11.1 Å². The summed E-state index contributed by atoms with van der Waals surface area (Å²) in [5, 5.41) is 6.37. The van der Waals surface area contributed by atoms with E-state index in [1.165, 1.54) is 12.4 Å². The number of aromatic nitrogens is 2. The summed E-state index contributed by atoms with van der Waals surface area (Å²) in [6, 6.07) is 7.74. The highest BCUT2D eigenvalue weighted by Crippen LogP contribution is 2.34. The Morgan fingerprint density at radius 3 is 2.61 bits per heavy atom. The first-order valence-electron chi connectivity index (χ1n) is 11.5. The summed E-state index contributed by atoms with van der Waals surface area (Å²) in [5.74, 6) is -0.300. The summed E-state index contributed by atoms with van der Waals surface area (Å²) in [7, 11) is 0. The van der Waals surface area contributed by atoms with Crippen LogP contribution in [0.5, 0.6) is 5.75 Å². The maximum absolute atomic E-state index is 14.2. The van der Waals surface area contributed by atoms with Crippen LogP contribution < -0.4 is 15.4 Å². The average molecular weight is 501 g/mol. The number of anilines is 2. The lowest BCUT2D eigenvalue weighted by Crippen LogP contribution is -2.46. The zero-order valence-corrected chi connectivity index (χ0v) is 19.3. The molecule has 2 atom stereocenters. The van der Waals surface area contributed by atoms with Gasteiger partial charge < -0.3 is 20.3 Å². The minimum atomic E-state index is -4.60. The largest absolute Gasteiger partial charge is 0.492 e. The molecular weight excluding hydrogens is 478 g/mol. The molecule has 2 N–H and O–H groups in total. The number of carbonyl (C=O) groups excluding carboxylic acids is 1. The number of hydrogen-bond donors (Lipinski definition) is 2. The highest BCUT2D eigenvalue weighted by molar-refractivity contribution is 5.96. The van der Waals surface area contributed by atoms with Gasteiger partial charge in [0.2, 0.25) is 5.95 Å². The smallest absolute Gasteiger partial charge is 0.416 e. The molecule has 2 aliphatic heterocycles. The topological polar surface area (TPSA) is 79.4 Å². The van der Waals surface area contributed by atoms with Gasteiger partial charge in [0.05, 0.1) is 17.9 Å². The number of hydrogen-bond acceptors (Lipinski definition) is 6. The highest BCUT2D eigenvalue weighted by Gasteiger charge is 2.40. The van der Waals surface area contributed by atoms with Crippen LogP contribution in [0, 0.1) is 5.82 Å².